The number of hydrogen-bond donors (Lipinski definition) is 0. The van der Waals surface area contributed by atoms with Crippen molar-refractivity contribution < 1.29 is 4.74 Å². The Balaban J connectivity index is 1.40. The molecule has 0 aliphatic heterocycles. The summed E-state index contributed by atoms with van der Waals surface area (Å²) in [5.74, 6) is 0.764. The molecule has 9 heteroatoms. The number of nitrogens with zero attached hydrogens (tertiary/aromatic N) is 6. The van der Waals surface area contributed by atoms with Gasteiger partial charge in [0.05, 0.1) is 31.8 Å². The average molecular weight is 459 g/mol. The quantitative estimate of drug-likeness (QED) is 0.384. The maximum Gasteiger partial charge on any atom is 0.263 e. The van der Waals surface area contributed by atoms with Crippen molar-refractivity contribution in [2.24, 2.45) is 0 Å². The first-order valence-corrected chi connectivity index (χ1v) is 10.6. The third-order valence-corrected chi connectivity index (χ3v) is 5.53. The minimum absolute atomic E-state index is 0.185. The molecule has 0 amide bonds. The molecule has 0 saturated heterocycles. The largest absolute Gasteiger partial charge is 0.497 e. The molecule has 0 atom stereocenters. The van der Waals surface area contributed by atoms with E-state index in [1.54, 1.807) is 18.0 Å². The van der Waals surface area contributed by atoms with Gasteiger partial charge in [-0.25, -0.2) is 14.6 Å². The Morgan fingerprint density at radius 3 is 2.52 bits per heavy atom. The highest BCUT2D eigenvalue weighted by Crippen LogP contribution is 2.23. The van der Waals surface area contributed by atoms with Crippen molar-refractivity contribution in [1.82, 2.24) is 29.5 Å². The van der Waals surface area contributed by atoms with E-state index in [0.29, 0.717) is 28.3 Å². The monoisotopic (exact) mass is 458 g/mol. The van der Waals surface area contributed by atoms with Crippen molar-refractivity contribution in [3.05, 3.63) is 100.0 Å². The van der Waals surface area contributed by atoms with Crippen molar-refractivity contribution in [1.29, 1.82) is 0 Å². The molecule has 0 aliphatic carbocycles. The topological polar surface area (TPSA) is 87.7 Å². The minimum atomic E-state index is -0.185. The van der Waals surface area contributed by atoms with E-state index in [9.17, 15) is 4.79 Å². The zero-order valence-electron chi connectivity index (χ0n) is 17.7. The van der Waals surface area contributed by atoms with Crippen LogP contribution in [0.15, 0.2) is 78.1 Å². The van der Waals surface area contributed by atoms with Gasteiger partial charge in [-0.3, -0.25) is 9.36 Å². The first-order valence-electron chi connectivity index (χ1n) is 10.2. The lowest BCUT2D eigenvalue weighted by atomic mass is 10.1. The predicted octanol–water partition coefficient (Wildman–Crippen LogP) is 3.81. The number of hydrogen-bond acceptors (Lipinski definition) is 6. The number of fused-ring (bicyclic) bond motifs is 1. The summed E-state index contributed by atoms with van der Waals surface area (Å²) in [5.41, 5.74) is 3.69. The molecule has 0 radical (unpaired) electrons. The molecule has 0 spiro atoms. The Hall–Kier alpha value is -4.04. The maximum absolute atomic E-state index is 13.1. The molecule has 5 aromatic rings. The minimum Gasteiger partial charge on any atom is -0.497 e. The van der Waals surface area contributed by atoms with Gasteiger partial charge in [0.1, 0.15) is 17.8 Å². The van der Waals surface area contributed by atoms with Crippen LogP contribution in [0.5, 0.6) is 5.75 Å². The van der Waals surface area contributed by atoms with Crippen molar-refractivity contribution in [2.45, 2.75) is 13.1 Å². The highest BCUT2D eigenvalue weighted by Gasteiger charge is 2.10. The molecule has 3 aromatic heterocycles. The van der Waals surface area contributed by atoms with Crippen molar-refractivity contribution >= 4 is 22.6 Å². The number of rotatable bonds is 6. The number of ether oxygens (including phenoxy) is 1. The zero-order chi connectivity index (χ0) is 22.8. The molecule has 164 valence electrons. The van der Waals surface area contributed by atoms with Crippen molar-refractivity contribution in [2.75, 3.05) is 7.11 Å². The molecule has 0 N–H and O–H groups in total. The number of halogens is 1. The van der Waals surface area contributed by atoms with Gasteiger partial charge in [0.15, 0.2) is 5.65 Å². The SMILES string of the molecule is COc1ccc(-c2cnc3ncn(Cc4cn(Cc5ccc(Cl)cc5)nn4)c(=O)c3c2)cc1. The van der Waals surface area contributed by atoms with Crippen LogP contribution in [-0.4, -0.2) is 36.6 Å². The molecule has 3 heterocycles. The van der Waals surface area contributed by atoms with E-state index >= 15 is 0 Å². The maximum atomic E-state index is 13.1. The standard InChI is InChI=1S/C24H19ClN6O2/c1-33-21-8-4-17(5-9-21)18-10-22-23(26-11-18)27-15-30(24(22)32)13-20-14-31(29-28-20)12-16-2-6-19(25)7-3-16/h2-11,14-15H,12-13H2,1H3. The molecule has 0 aliphatic rings. The molecule has 8 nitrogen and oxygen atoms in total. The Bertz CT molecular complexity index is 1480. The summed E-state index contributed by atoms with van der Waals surface area (Å²) < 4.78 is 8.45. The lowest BCUT2D eigenvalue weighted by Crippen LogP contribution is -2.21. The molecule has 2 aromatic carbocycles. The summed E-state index contributed by atoms with van der Waals surface area (Å²) in [6, 6.07) is 17.0. The summed E-state index contributed by atoms with van der Waals surface area (Å²) in [7, 11) is 1.62. The zero-order valence-corrected chi connectivity index (χ0v) is 18.5. The summed E-state index contributed by atoms with van der Waals surface area (Å²) >= 11 is 5.94. The highest BCUT2D eigenvalue weighted by atomic mass is 35.5. The van der Waals surface area contributed by atoms with E-state index in [1.807, 2.05) is 60.8 Å². The summed E-state index contributed by atoms with van der Waals surface area (Å²) in [6.07, 6.45) is 5.02. The van der Waals surface area contributed by atoms with E-state index in [4.69, 9.17) is 16.3 Å². The van der Waals surface area contributed by atoms with Gasteiger partial charge in [0, 0.05) is 16.8 Å². The van der Waals surface area contributed by atoms with Gasteiger partial charge in [-0.15, -0.1) is 5.10 Å². The summed E-state index contributed by atoms with van der Waals surface area (Å²) in [6.45, 7) is 0.819. The van der Waals surface area contributed by atoms with Crippen LogP contribution in [0.3, 0.4) is 0 Å². The first kappa shape index (κ1) is 20.8. The molecular weight excluding hydrogens is 440 g/mol. The van der Waals surface area contributed by atoms with Gasteiger partial charge in [0.25, 0.3) is 5.56 Å². The van der Waals surface area contributed by atoms with Gasteiger partial charge in [-0.1, -0.05) is 41.1 Å². The molecule has 33 heavy (non-hydrogen) atoms. The van der Waals surface area contributed by atoms with Crippen molar-refractivity contribution in [3.63, 3.8) is 0 Å². The smallest absolute Gasteiger partial charge is 0.263 e. The number of methoxy groups -OCH3 is 1. The Morgan fingerprint density at radius 2 is 1.76 bits per heavy atom. The highest BCUT2D eigenvalue weighted by molar-refractivity contribution is 6.30. The van der Waals surface area contributed by atoms with Crippen LogP contribution in [0.1, 0.15) is 11.3 Å². The number of aromatic nitrogens is 6. The van der Waals surface area contributed by atoms with E-state index in [-0.39, 0.29) is 12.1 Å². The molecule has 0 bridgehead atoms. The first-order chi connectivity index (χ1) is 16.1. The second kappa shape index (κ2) is 8.84. The Kier molecular flexibility index (Phi) is 5.58. The van der Waals surface area contributed by atoms with Crippen LogP contribution in [0.4, 0.5) is 0 Å². The number of pyridine rings is 1. The van der Waals surface area contributed by atoms with Crippen LogP contribution in [-0.2, 0) is 13.1 Å². The summed E-state index contributed by atoms with van der Waals surface area (Å²) in [4.78, 5) is 21.9. The fourth-order valence-corrected chi connectivity index (χ4v) is 3.67. The molecule has 5 rings (SSSR count). The van der Waals surface area contributed by atoms with Gasteiger partial charge < -0.3 is 4.74 Å². The molecule has 0 saturated carbocycles. The Labute approximate surface area is 194 Å². The normalized spacial score (nSPS) is 11.1. The third-order valence-electron chi connectivity index (χ3n) is 5.28. The van der Waals surface area contributed by atoms with Crippen LogP contribution in [0, 0.1) is 0 Å². The van der Waals surface area contributed by atoms with Gasteiger partial charge in [0.2, 0.25) is 0 Å². The second-order valence-corrected chi connectivity index (χ2v) is 7.97. The van der Waals surface area contributed by atoms with E-state index in [0.717, 1.165) is 22.4 Å². The Morgan fingerprint density at radius 1 is 0.970 bits per heavy atom. The third kappa shape index (κ3) is 4.47. The second-order valence-electron chi connectivity index (χ2n) is 7.54. The van der Waals surface area contributed by atoms with Gasteiger partial charge in [-0.2, -0.15) is 0 Å². The predicted molar refractivity (Wildman–Crippen MR) is 125 cm³/mol. The van der Waals surface area contributed by atoms with E-state index in [1.165, 1.54) is 10.9 Å². The van der Waals surface area contributed by atoms with Gasteiger partial charge in [-0.05, 0) is 41.5 Å². The van der Waals surface area contributed by atoms with E-state index < -0.39 is 0 Å². The number of benzene rings is 2. The lowest BCUT2D eigenvalue weighted by molar-refractivity contribution is 0.415. The van der Waals surface area contributed by atoms with Gasteiger partial charge >= 0.3 is 0 Å². The van der Waals surface area contributed by atoms with E-state index in [2.05, 4.69) is 20.3 Å². The van der Waals surface area contributed by atoms with Crippen LogP contribution in [0.2, 0.25) is 5.02 Å². The van der Waals surface area contributed by atoms with Crippen molar-refractivity contribution in [3.8, 4) is 16.9 Å². The average Bonchev–Trinajstić information content (AvgIpc) is 3.29. The van der Waals surface area contributed by atoms with Crippen LogP contribution < -0.4 is 10.3 Å². The van der Waals surface area contributed by atoms with Crippen LogP contribution in [0.25, 0.3) is 22.2 Å². The summed E-state index contributed by atoms with van der Waals surface area (Å²) in [5, 5.41) is 9.49. The van der Waals surface area contributed by atoms with Crippen LogP contribution >= 0.6 is 11.6 Å². The molecule has 0 unspecified atom stereocenters. The fraction of sp³-hybridized carbons (Fsp3) is 0.125. The molecular formula is C24H19ClN6O2. The lowest BCUT2D eigenvalue weighted by Gasteiger charge is -2.07. The fourth-order valence-electron chi connectivity index (χ4n) is 3.54. The molecule has 0 fully saturated rings.